The predicted molar refractivity (Wildman–Crippen MR) is 83.9 cm³/mol. The van der Waals surface area contributed by atoms with Gasteiger partial charge in [0.25, 0.3) is 0 Å². The Labute approximate surface area is 126 Å². The number of nitriles is 1. The van der Waals surface area contributed by atoms with Crippen molar-refractivity contribution in [2.75, 3.05) is 11.9 Å². The molecule has 21 heavy (non-hydrogen) atoms. The molecule has 1 aromatic carbocycles. The minimum atomic E-state index is -0.120. The molecule has 2 unspecified atom stereocenters. The Balaban J connectivity index is 1.99. The first kappa shape index (κ1) is 15.5. The van der Waals surface area contributed by atoms with E-state index < -0.39 is 0 Å². The monoisotopic (exact) mass is 285 g/mol. The van der Waals surface area contributed by atoms with Crippen molar-refractivity contribution >= 4 is 11.6 Å². The summed E-state index contributed by atoms with van der Waals surface area (Å²) in [4.78, 5) is 14.7. The van der Waals surface area contributed by atoms with Crippen LogP contribution in [-0.4, -0.2) is 29.4 Å². The second-order valence-electron chi connectivity index (χ2n) is 5.65. The molecule has 1 aliphatic heterocycles. The topological polar surface area (TPSA) is 56.1 Å². The van der Waals surface area contributed by atoms with E-state index in [1.165, 1.54) is 19.3 Å². The zero-order valence-corrected chi connectivity index (χ0v) is 12.8. The Morgan fingerprint density at radius 3 is 2.76 bits per heavy atom. The molecule has 2 rings (SSSR count). The predicted octanol–water partition coefficient (Wildman–Crippen LogP) is 3.15. The second-order valence-corrected chi connectivity index (χ2v) is 5.65. The van der Waals surface area contributed by atoms with Gasteiger partial charge in [0.1, 0.15) is 0 Å². The Kier molecular flexibility index (Phi) is 5.35. The summed E-state index contributed by atoms with van der Waals surface area (Å²) in [6.45, 7) is 5.17. The van der Waals surface area contributed by atoms with Crippen molar-refractivity contribution in [3.05, 3.63) is 29.8 Å². The van der Waals surface area contributed by atoms with Crippen LogP contribution in [0.3, 0.4) is 0 Å². The molecule has 4 nitrogen and oxygen atoms in total. The average Bonchev–Trinajstić information content (AvgIpc) is 2.54. The van der Waals surface area contributed by atoms with Crippen molar-refractivity contribution in [1.82, 2.24) is 4.90 Å². The maximum Gasteiger partial charge on any atom is 0.241 e. The summed E-state index contributed by atoms with van der Waals surface area (Å²) in [7, 11) is 0. The molecule has 4 heteroatoms. The van der Waals surface area contributed by atoms with Gasteiger partial charge >= 0.3 is 0 Å². The quantitative estimate of drug-likeness (QED) is 0.924. The van der Waals surface area contributed by atoms with E-state index in [0.717, 1.165) is 18.7 Å². The van der Waals surface area contributed by atoms with E-state index in [2.05, 4.69) is 23.2 Å². The Morgan fingerprint density at radius 2 is 2.14 bits per heavy atom. The number of carbonyl (C=O) groups is 1. The number of nitrogens with one attached hydrogen (secondary N) is 1. The summed E-state index contributed by atoms with van der Waals surface area (Å²) in [5.74, 6) is 0.0278. The Morgan fingerprint density at radius 1 is 1.43 bits per heavy atom. The van der Waals surface area contributed by atoms with Gasteiger partial charge in [0.15, 0.2) is 0 Å². The zero-order valence-electron chi connectivity index (χ0n) is 12.8. The SMILES string of the molecule is CCC1CCCCN1C(C)C(=O)Nc1ccc(C#N)cc1. The van der Waals surface area contributed by atoms with Crippen LogP contribution in [0.2, 0.25) is 0 Å². The number of anilines is 1. The lowest BCUT2D eigenvalue weighted by Gasteiger charge is -2.38. The zero-order chi connectivity index (χ0) is 15.2. The van der Waals surface area contributed by atoms with Gasteiger partial charge in [0.05, 0.1) is 17.7 Å². The average molecular weight is 285 g/mol. The Bertz CT molecular complexity index is 518. The van der Waals surface area contributed by atoms with Crippen molar-refractivity contribution < 1.29 is 4.79 Å². The number of rotatable bonds is 4. The van der Waals surface area contributed by atoms with Gasteiger partial charge in [-0.15, -0.1) is 0 Å². The summed E-state index contributed by atoms with van der Waals surface area (Å²) in [5.41, 5.74) is 1.35. The van der Waals surface area contributed by atoms with E-state index in [1.54, 1.807) is 24.3 Å². The van der Waals surface area contributed by atoms with Crippen molar-refractivity contribution in [2.45, 2.75) is 51.6 Å². The van der Waals surface area contributed by atoms with E-state index in [4.69, 9.17) is 5.26 Å². The third kappa shape index (κ3) is 3.83. The van der Waals surface area contributed by atoms with E-state index in [-0.39, 0.29) is 11.9 Å². The molecule has 1 fully saturated rings. The molecule has 1 saturated heterocycles. The molecular formula is C17H23N3O. The van der Waals surface area contributed by atoms with Crippen molar-refractivity contribution in [1.29, 1.82) is 5.26 Å². The van der Waals surface area contributed by atoms with Crippen molar-refractivity contribution in [2.24, 2.45) is 0 Å². The highest BCUT2D eigenvalue weighted by Gasteiger charge is 2.29. The van der Waals surface area contributed by atoms with Crippen LogP contribution in [0.15, 0.2) is 24.3 Å². The van der Waals surface area contributed by atoms with Crippen LogP contribution in [0, 0.1) is 11.3 Å². The first-order valence-corrected chi connectivity index (χ1v) is 7.72. The van der Waals surface area contributed by atoms with E-state index in [0.29, 0.717) is 11.6 Å². The summed E-state index contributed by atoms with van der Waals surface area (Å²) in [6, 6.07) is 9.45. The molecule has 2 atom stereocenters. The van der Waals surface area contributed by atoms with Gasteiger partial charge in [-0.2, -0.15) is 5.26 Å². The first-order valence-electron chi connectivity index (χ1n) is 7.72. The van der Waals surface area contributed by atoms with Crippen LogP contribution in [0.4, 0.5) is 5.69 Å². The molecule has 1 heterocycles. The standard InChI is InChI=1S/C17H23N3O/c1-3-16-6-4-5-11-20(16)13(2)17(21)19-15-9-7-14(12-18)8-10-15/h7-10,13,16H,3-6,11H2,1-2H3,(H,19,21). The number of benzene rings is 1. The van der Waals surface area contributed by atoms with Crippen LogP contribution in [0.25, 0.3) is 0 Å². The van der Waals surface area contributed by atoms with Crippen LogP contribution in [0.5, 0.6) is 0 Å². The first-order chi connectivity index (χ1) is 10.2. The molecule has 1 aromatic rings. The highest BCUT2D eigenvalue weighted by molar-refractivity contribution is 5.94. The van der Waals surface area contributed by atoms with Gasteiger partial charge in [0.2, 0.25) is 5.91 Å². The van der Waals surface area contributed by atoms with Gasteiger partial charge in [-0.25, -0.2) is 0 Å². The van der Waals surface area contributed by atoms with Crippen molar-refractivity contribution in [3.8, 4) is 6.07 Å². The molecule has 0 radical (unpaired) electrons. The van der Waals surface area contributed by atoms with Gasteiger partial charge in [-0.05, 0) is 57.0 Å². The number of piperidine rings is 1. The summed E-state index contributed by atoms with van der Waals surface area (Å²) in [5, 5.41) is 11.7. The molecule has 1 amide bonds. The van der Waals surface area contributed by atoms with Crippen LogP contribution in [-0.2, 0) is 4.79 Å². The van der Waals surface area contributed by atoms with E-state index >= 15 is 0 Å². The Hall–Kier alpha value is -1.86. The van der Waals surface area contributed by atoms with Crippen LogP contribution < -0.4 is 5.32 Å². The van der Waals surface area contributed by atoms with Gasteiger partial charge < -0.3 is 5.32 Å². The molecule has 0 aliphatic carbocycles. The lowest BCUT2D eigenvalue weighted by atomic mass is 9.98. The fourth-order valence-electron chi connectivity index (χ4n) is 3.00. The molecule has 0 aromatic heterocycles. The summed E-state index contributed by atoms with van der Waals surface area (Å²) in [6.07, 6.45) is 4.71. The highest BCUT2D eigenvalue weighted by atomic mass is 16.2. The number of hydrogen-bond donors (Lipinski definition) is 1. The smallest absolute Gasteiger partial charge is 0.241 e. The molecule has 1 aliphatic rings. The van der Waals surface area contributed by atoms with Crippen molar-refractivity contribution in [3.63, 3.8) is 0 Å². The van der Waals surface area contributed by atoms with Crippen LogP contribution >= 0.6 is 0 Å². The van der Waals surface area contributed by atoms with Gasteiger partial charge in [-0.1, -0.05) is 13.3 Å². The minimum Gasteiger partial charge on any atom is -0.325 e. The highest BCUT2D eigenvalue weighted by Crippen LogP contribution is 2.22. The molecular weight excluding hydrogens is 262 g/mol. The van der Waals surface area contributed by atoms with Gasteiger partial charge in [0, 0.05) is 11.7 Å². The number of amides is 1. The second kappa shape index (κ2) is 7.24. The normalized spacial score (nSPS) is 20.5. The van der Waals surface area contributed by atoms with Crippen LogP contribution in [0.1, 0.15) is 45.1 Å². The number of carbonyl (C=O) groups excluding carboxylic acids is 1. The fourth-order valence-corrected chi connectivity index (χ4v) is 3.00. The molecule has 0 spiro atoms. The lowest BCUT2D eigenvalue weighted by molar-refractivity contribution is -0.122. The molecule has 0 bridgehead atoms. The summed E-state index contributed by atoms with van der Waals surface area (Å²) < 4.78 is 0. The largest absolute Gasteiger partial charge is 0.325 e. The summed E-state index contributed by atoms with van der Waals surface area (Å²) >= 11 is 0. The van der Waals surface area contributed by atoms with Gasteiger partial charge in [-0.3, -0.25) is 9.69 Å². The molecule has 112 valence electrons. The lowest BCUT2D eigenvalue weighted by Crippen LogP contribution is -2.49. The number of hydrogen-bond acceptors (Lipinski definition) is 3. The fraction of sp³-hybridized carbons (Fsp3) is 0.529. The maximum atomic E-state index is 12.4. The number of likely N-dealkylation sites (tertiary alicyclic amines) is 1. The molecule has 1 N–H and O–H groups in total. The maximum absolute atomic E-state index is 12.4. The third-order valence-electron chi connectivity index (χ3n) is 4.30. The third-order valence-corrected chi connectivity index (χ3v) is 4.30. The molecule has 0 saturated carbocycles. The minimum absolute atomic E-state index is 0.0278. The van der Waals surface area contributed by atoms with E-state index in [9.17, 15) is 4.79 Å². The number of nitrogens with zero attached hydrogens (tertiary/aromatic N) is 2. The van der Waals surface area contributed by atoms with E-state index in [1.807, 2.05) is 6.92 Å².